The molecule has 0 radical (unpaired) electrons. The van der Waals surface area contributed by atoms with E-state index in [1.807, 2.05) is 7.05 Å². The summed E-state index contributed by atoms with van der Waals surface area (Å²) in [5.41, 5.74) is 0. The molecule has 1 aromatic rings. The second-order valence-electron chi connectivity index (χ2n) is 4.50. The van der Waals surface area contributed by atoms with Crippen molar-refractivity contribution in [3.63, 3.8) is 0 Å². The maximum atomic E-state index is 10.0. The second-order valence-corrected chi connectivity index (χ2v) is 4.50. The van der Waals surface area contributed by atoms with Crippen LogP contribution in [0.3, 0.4) is 0 Å². The number of hydrogen-bond acceptors (Lipinski definition) is 5. The van der Waals surface area contributed by atoms with E-state index in [9.17, 15) is 5.11 Å². The van der Waals surface area contributed by atoms with Crippen LogP contribution >= 0.6 is 0 Å². The molecule has 1 aromatic heterocycles. The van der Waals surface area contributed by atoms with Crippen LogP contribution in [0.5, 0.6) is 0 Å². The van der Waals surface area contributed by atoms with Gasteiger partial charge in [0.05, 0.1) is 24.5 Å². The zero-order valence-corrected chi connectivity index (χ0v) is 10.2. The summed E-state index contributed by atoms with van der Waals surface area (Å²) < 4.78 is 0. The molecule has 0 spiro atoms. The molecule has 5 nitrogen and oxygen atoms in total. The maximum Gasteiger partial charge on any atom is 0.147 e. The Morgan fingerprint density at radius 1 is 1.18 bits per heavy atom. The highest BCUT2D eigenvalue weighted by Gasteiger charge is 2.21. The predicted molar refractivity (Wildman–Crippen MR) is 68.1 cm³/mol. The molecule has 94 valence electrons. The zero-order chi connectivity index (χ0) is 12.1. The Morgan fingerprint density at radius 3 is 2.76 bits per heavy atom. The molecular formula is C12H20N4O. The van der Waals surface area contributed by atoms with Crippen LogP contribution in [0.15, 0.2) is 12.4 Å². The lowest BCUT2D eigenvalue weighted by atomic mass is 10.1. The average Bonchev–Trinajstić information content (AvgIpc) is 2.55. The van der Waals surface area contributed by atoms with Gasteiger partial charge in [0.25, 0.3) is 0 Å². The van der Waals surface area contributed by atoms with Gasteiger partial charge in [-0.15, -0.1) is 0 Å². The predicted octanol–water partition coefficient (Wildman–Crippen LogP) is 1.62. The molecule has 1 aliphatic rings. The fraction of sp³-hybridized carbons (Fsp3) is 0.667. The Labute approximate surface area is 102 Å². The van der Waals surface area contributed by atoms with E-state index < -0.39 is 0 Å². The van der Waals surface area contributed by atoms with Crippen molar-refractivity contribution in [2.45, 2.75) is 44.2 Å². The lowest BCUT2D eigenvalue weighted by Crippen LogP contribution is -2.32. The van der Waals surface area contributed by atoms with E-state index in [1.54, 1.807) is 12.4 Å². The fourth-order valence-corrected chi connectivity index (χ4v) is 2.20. The van der Waals surface area contributed by atoms with Crippen LogP contribution in [0.2, 0.25) is 0 Å². The summed E-state index contributed by atoms with van der Waals surface area (Å²) in [6.45, 7) is 0. The minimum atomic E-state index is -0.280. The Morgan fingerprint density at radius 2 is 1.94 bits per heavy atom. The normalized spacial score (nSPS) is 25.1. The van der Waals surface area contributed by atoms with Crippen molar-refractivity contribution in [2.24, 2.45) is 0 Å². The van der Waals surface area contributed by atoms with Crippen molar-refractivity contribution < 1.29 is 5.11 Å². The maximum absolute atomic E-state index is 10.0. The average molecular weight is 236 g/mol. The number of aromatic nitrogens is 2. The lowest BCUT2D eigenvalue weighted by molar-refractivity contribution is 0.144. The number of aliphatic hydroxyl groups is 1. The molecule has 5 heteroatoms. The van der Waals surface area contributed by atoms with Crippen molar-refractivity contribution in [1.82, 2.24) is 9.97 Å². The van der Waals surface area contributed by atoms with E-state index in [1.165, 1.54) is 6.42 Å². The van der Waals surface area contributed by atoms with E-state index in [-0.39, 0.29) is 12.1 Å². The van der Waals surface area contributed by atoms with Crippen LogP contribution in [0.1, 0.15) is 32.1 Å². The van der Waals surface area contributed by atoms with Gasteiger partial charge >= 0.3 is 0 Å². The molecule has 1 fully saturated rings. The summed E-state index contributed by atoms with van der Waals surface area (Å²) in [6.07, 6.45) is 8.43. The molecule has 2 atom stereocenters. The highest BCUT2D eigenvalue weighted by atomic mass is 16.3. The van der Waals surface area contributed by atoms with Gasteiger partial charge in [-0.05, 0) is 12.8 Å². The molecule has 1 aliphatic carbocycles. The first kappa shape index (κ1) is 12.1. The minimum Gasteiger partial charge on any atom is -0.391 e. The fourth-order valence-electron chi connectivity index (χ4n) is 2.20. The summed E-state index contributed by atoms with van der Waals surface area (Å²) >= 11 is 0. The van der Waals surface area contributed by atoms with Crippen molar-refractivity contribution in [1.29, 1.82) is 0 Å². The van der Waals surface area contributed by atoms with Gasteiger partial charge in [0.2, 0.25) is 0 Å². The Balaban J connectivity index is 2.02. The van der Waals surface area contributed by atoms with Crippen molar-refractivity contribution in [2.75, 3.05) is 17.7 Å². The third kappa shape index (κ3) is 3.30. The van der Waals surface area contributed by atoms with Crippen LogP contribution in [-0.2, 0) is 0 Å². The summed E-state index contributed by atoms with van der Waals surface area (Å²) in [5.74, 6) is 1.46. The van der Waals surface area contributed by atoms with E-state index in [0.29, 0.717) is 0 Å². The van der Waals surface area contributed by atoms with Gasteiger partial charge < -0.3 is 15.7 Å². The molecular weight excluding hydrogens is 216 g/mol. The van der Waals surface area contributed by atoms with Gasteiger partial charge in [0.1, 0.15) is 11.6 Å². The molecule has 2 rings (SSSR count). The highest BCUT2D eigenvalue weighted by Crippen LogP contribution is 2.21. The monoisotopic (exact) mass is 236 g/mol. The van der Waals surface area contributed by atoms with Crippen LogP contribution in [-0.4, -0.2) is 34.3 Å². The molecule has 2 unspecified atom stereocenters. The number of rotatable bonds is 3. The molecule has 0 aromatic carbocycles. The Kier molecular flexibility index (Phi) is 4.14. The summed E-state index contributed by atoms with van der Waals surface area (Å²) in [7, 11) is 1.81. The third-order valence-electron chi connectivity index (χ3n) is 3.20. The number of nitrogens with zero attached hydrogens (tertiary/aromatic N) is 2. The first-order valence-electron chi connectivity index (χ1n) is 6.24. The van der Waals surface area contributed by atoms with Crippen LogP contribution < -0.4 is 10.6 Å². The zero-order valence-electron chi connectivity index (χ0n) is 10.2. The highest BCUT2D eigenvalue weighted by molar-refractivity contribution is 5.41. The number of hydrogen-bond donors (Lipinski definition) is 3. The van der Waals surface area contributed by atoms with E-state index >= 15 is 0 Å². The molecule has 0 amide bonds. The van der Waals surface area contributed by atoms with Crippen LogP contribution in [0.4, 0.5) is 11.6 Å². The number of nitrogens with one attached hydrogen (secondary N) is 2. The number of aliphatic hydroxyl groups excluding tert-OH is 1. The molecule has 0 bridgehead atoms. The Bertz CT molecular complexity index is 358. The third-order valence-corrected chi connectivity index (χ3v) is 3.20. The van der Waals surface area contributed by atoms with E-state index in [4.69, 9.17) is 0 Å². The molecule has 0 aliphatic heterocycles. The topological polar surface area (TPSA) is 70.1 Å². The lowest BCUT2D eigenvalue weighted by Gasteiger charge is -2.22. The van der Waals surface area contributed by atoms with Gasteiger partial charge in [-0.2, -0.15) is 0 Å². The van der Waals surface area contributed by atoms with Gasteiger partial charge in [-0.3, -0.25) is 4.98 Å². The molecule has 3 N–H and O–H groups in total. The van der Waals surface area contributed by atoms with Crippen molar-refractivity contribution in [3.05, 3.63) is 12.4 Å². The standard InChI is InChI=1S/C12H20N4O/c1-13-11-7-14-8-12(16-11)15-9-5-3-2-4-6-10(9)17/h7-10,17H,2-6H2,1H3,(H2,13,15,16). The van der Waals surface area contributed by atoms with Crippen molar-refractivity contribution >= 4 is 11.6 Å². The first-order chi connectivity index (χ1) is 8.29. The van der Waals surface area contributed by atoms with E-state index in [0.717, 1.165) is 37.3 Å². The SMILES string of the molecule is CNc1cncc(NC2CCCCCC2O)n1. The van der Waals surface area contributed by atoms with Crippen molar-refractivity contribution in [3.8, 4) is 0 Å². The minimum absolute atomic E-state index is 0.0962. The van der Waals surface area contributed by atoms with Gasteiger partial charge in [-0.25, -0.2) is 4.98 Å². The first-order valence-corrected chi connectivity index (χ1v) is 6.24. The van der Waals surface area contributed by atoms with Gasteiger partial charge in [-0.1, -0.05) is 19.3 Å². The van der Waals surface area contributed by atoms with Gasteiger partial charge in [0.15, 0.2) is 0 Å². The van der Waals surface area contributed by atoms with E-state index in [2.05, 4.69) is 20.6 Å². The summed E-state index contributed by atoms with van der Waals surface area (Å²) in [5, 5.41) is 16.2. The Hall–Kier alpha value is -1.36. The molecule has 1 heterocycles. The van der Waals surface area contributed by atoms with Gasteiger partial charge in [0, 0.05) is 7.05 Å². The van der Waals surface area contributed by atoms with Crippen LogP contribution in [0.25, 0.3) is 0 Å². The summed E-state index contributed by atoms with van der Waals surface area (Å²) in [6, 6.07) is 0.0962. The second kappa shape index (κ2) is 5.82. The smallest absolute Gasteiger partial charge is 0.147 e. The summed E-state index contributed by atoms with van der Waals surface area (Å²) in [4.78, 5) is 8.45. The molecule has 1 saturated carbocycles. The largest absolute Gasteiger partial charge is 0.391 e. The number of anilines is 2. The molecule has 0 saturated heterocycles. The van der Waals surface area contributed by atoms with Crippen LogP contribution in [0, 0.1) is 0 Å². The molecule has 17 heavy (non-hydrogen) atoms. The quantitative estimate of drug-likeness (QED) is 0.696.